The predicted molar refractivity (Wildman–Crippen MR) is 75.0 cm³/mol. The number of hydrogen-bond donors (Lipinski definition) is 2. The van der Waals surface area contributed by atoms with E-state index < -0.39 is 0 Å². The number of fused-ring (bicyclic) bond motifs is 2. The van der Waals surface area contributed by atoms with Crippen molar-refractivity contribution < 1.29 is 4.39 Å². The van der Waals surface area contributed by atoms with Crippen LogP contribution in [0.25, 0.3) is 0 Å². The van der Waals surface area contributed by atoms with Gasteiger partial charge in [0.2, 0.25) is 0 Å². The highest BCUT2D eigenvalue weighted by Crippen LogP contribution is 2.51. The molecule has 0 spiro atoms. The van der Waals surface area contributed by atoms with E-state index in [4.69, 9.17) is 17.4 Å². The van der Waals surface area contributed by atoms with E-state index in [1.165, 1.54) is 31.7 Å². The van der Waals surface area contributed by atoms with Crippen molar-refractivity contribution in [1.82, 2.24) is 5.43 Å². The van der Waals surface area contributed by atoms with Gasteiger partial charge >= 0.3 is 0 Å². The molecular weight excluding hydrogens is 263 g/mol. The lowest BCUT2D eigenvalue weighted by Crippen LogP contribution is -2.31. The van der Waals surface area contributed by atoms with Crippen molar-refractivity contribution in [3.8, 4) is 0 Å². The van der Waals surface area contributed by atoms with Crippen LogP contribution in [-0.4, -0.2) is 0 Å². The van der Waals surface area contributed by atoms with Gasteiger partial charge in [0.05, 0.1) is 0 Å². The van der Waals surface area contributed by atoms with E-state index in [9.17, 15) is 4.39 Å². The van der Waals surface area contributed by atoms with Crippen molar-refractivity contribution in [2.75, 3.05) is 0 Å². The maximum atomic E-state index is 13.9. The molecule has 1 aromatic rings. The van der Waals surface area contributed by atoms with Crippen LogP contribution in [0.4, 0.5) is 4.39 Å². The summed E-state index contributed by atoms with van der Waals surface area (Å²) in [6, 6.07) is 4.55. The van der Waals surface area contributed by atoms with E-state index >= 15 is 0 Å². The first-order valence-electron chi connectivity index (χ1n) is 7.08. The Hall–Kier alpha value is -0.640. The van der Waals surface area contributed by atoms with Crippen LogP contribution in [0.1, 0.15) is 43.7 Å². The molecule has 2 bridgehead atoms. The summed E-state index contributed by atoms with van der Waals surface area (Å²) in [5.41, 5.74) is 3.37. The third-order valence-electron chi connectivity index (χ3n) is 4.96. The Labute approximate surface area is 118 Å². The summed E-state index contributed by atoms with van der Waals surface area (Å²) in [4.78, 5) is 0. The standard InChI is InChI=1S/C15H20ClFN2/c16-12-3-4-14(17)13(8-12)15(19-18)7-11-6-9-1-2-10(11)5-9/h3-4,8-11,15,19H,1-2,5-7,18H2. The molecular formula is C15H20ClFN2. The topological polar surface area (TPSA) is 38.0 Å². The molecule has 0 radical (unpaired) electrons. The highest BCUT2D eigenvalue weighted by Gasteiger charge is 2.40. The monoisotopic (exact) mass is 282 g/mol. The third-order valence-corrected chi connectivity index (χ3v) is 5.19. The molecule has 0 aromatic heterocycles. The fourth-order valence-corrected chi connectivity index (χ4v) is 4.21. The number of halogens is 2. The summed E-state index contributed by atoms with van der Waals surface area (Å²) in [7, 11) is 0. The number of hydrogen-bond acceptors (Lipinski definition) is 2. The van der Waals surface area contributed by atoms with Gasteiger partial charge in [0.1, 0.15) is 5.82 Å². The molecule has 104 valence electrons. The zero-order chi connectivity index (χ0) is 13.4. The van der Waals surface area contributed by atoms with Gasteiger partial charge in [-0.15, -0.1) is 0 Å². The first-order chi connectivity index (χ1) is 9.17. The van der Waals surface area contributed by atoms with Crippen LogP contribution in [0.3, 0.4) is 0 Å². The first kappa shape index (κ1) is 13.3. The van der Waals surface area contributed by atoms with Crippen LogP contribution >= 0.6 is 11.6 Å². The number of hydrazine groups is 1. The molecule has 2 aliphatic rings. The molecule has 2 saturated carbocycles. The lowest BCUT2D eigenvalue weighted by Gasteiger charge is -2.26. The highest BCUT2D eigenvalue weighted by molar-refractivity contribution is 6.30. The minimum Gasteiger partial charge on any atom is -0.271 e. The first-order valence-corrected chi connectivity index (χ1v) is 7.46. The largest absolute Gasteiger partial charge is 0.271 e. The number of benzene rings is 1. The van der Waals surface area contributed by atoms with Gasteiger partial charge in [-0.1, -0.05) is 18.0 Å². The zero-order valence-corrected chi connectivity index (χ0v) is 11.7. The van der Waals surface area contributed by atoms with Gasteiger partial charge in [0, 0.05) is 16.6 Å². The third kappa shape index (κ3) is 2.64. The lowest BCUT2D eigenvalue weighted by molar-refractivity contribution is 0.277. The fraction of sp³-hybridized carbons (Fsp3) is 0.600. The summed E-state index contributed by atoms with van der Waals surface area (Å²) in [5.74, 6) is 7.82. The summed E-state index contributed by atoms with van der Waals surface area (Å²) in [5, 5.41) is 0.560. The van der Waals surface area contributed by atoms with E-state index in [0.29, 0.717) is 16.5 Å². The normalized spacial score (nSPS) is 30.8. The second kappa shape index (κ2) is 5.39. The second-order valence-electron chi connectivity index (χ2n) is 6.06. The summed E-state index contributed by atoms with van der Waals surface area (Å²) < 4.78 is 13.9. The summed E-state index contributed by atoms with van der Waals surface area (Å²) >= 11 is 5.96. The number of nitrogens with two attached hydrogens (primary N) is 1. The molecule has 3 N–H and O–H groups in total. The van der Waals surface area contributed by atoms with Crippen LogP contribution < -0.4 is 11.3 Å². The van der Waals surface area contributed by atoms with Gasteiger partial charge in [-0.3, -0.25) is 11.3 Å². The fourth-order valence-electron chi connectivity index (χ4n) is 4.03. The molecule has 4 heteroatoms. The Morgan fingerprint density at radius 3 is 2.84 bits per heavy atom. The highest BCUT2D eigenvalue weighted by atomic mass is 35.5. The van der Waals surface area contributed by atoms with Crippen LogP contribution in [0.15, 0.2) is 18.2 Å². The Kier molecular flexibility index (Phi) is 3.79. The molecule has 0 aliphatic heterocycles. The molecule has 4 unspecified atom stereocenters. The smallest absolute Gasteiger partial charge is 0.128 e. The molecule has 2 fully saturated rings. The number of rotatable bonds is 4. The molecule has 4 atom stereocenters. The van der Waals surface area contributed by atoms with Crippen LogP contribution in [0, 0.1) is 23.6 Å². The number of nitrogens with one attached hydrogen (secondary N) is 1. The van der Waals surface area contributed by atoms with Gasteiger partial charge in [-0.05, 0) is 61.6 Å². The molecule has 2 nitrogen and oxygen atoms in total. The van der Waals surface area contributed by atoms with Crippen molar-refractivity contribution in [2.24, 2.45) is 23.6 Å². The molecule has 3 rings (SSSR count). The van der Waals surface area contributed by atoms with Crippen molar-refractivity contribution >= 4 is 11.6 Å². The van der Waals surface area contributed by atoms with Crippen LogP contribution in [-0.2, 0) is 0 Å². The van der Waals surface area contributed by atoms with Gasteiger partial charge in [0.15, 0.2) is 0 Å². The molecule has 1 aromatic carbocycles. The van der Waals surface area contributed by atoms with Gasteiger partial charge in [-0.2, -0.15) is 0 Å². The summed E-state index contributed by atoms with van der Waals surface area (Å²) in [6.07, 6.45) is 6.28. The van der Waals surface area contributed by atoms with Crippen molar-refractivity contribution in [3.05, 3.63) is 34.6 Å². The molecule has 19 heavy (non-hydrogen) atoms. The van der Waals surface area contributed by atoms with Crippen LogP contribution in [0.5, 0.6) is 0 Å². The molecule has 0 heterocycles. The predicted octanol–water partition coefficient (Wildman–Crippen LogP) is 3.81. The van der Waals surface area contributed by atoms with Crippen molar-refractivity contribution in [3.63, 3.8) is 0 Å². The summed E-state index contributed by atoms with van der Waals surface area (Å²) in [6.45, 7) is 0. The SMILES string of the molecule is NNC(CC1CC2CCC1C2)c1cc(Cl)ccc1F. The Morgan fingerprint density at radius 1 is 1.37 bits per heavy atom. The quantitative estimate of drug-likeness (QED) is 0.651. The minimum atomic E-state index is -0.226. The van der Waals surface area contributed by atoms with E-state index in [1.807, 2.05) is 0 Å². The van der Waals surface area contributed by atoms with Crippen LogP contribution in [0.2, 0.25) is 5.02 Å². The average Bonchev–Trinajstić information content (AvgIpc) is 3.01. The van der Waals surface area contributed by atoms with Crippen molar-refractivity contribution in [2.45, 2.75) is 38.1 Å². The average molecular weight is 283 g/mol. The van der Waals surface area contributed by atoms with E-state index in [2.05, 4.69) is 5.43 Å². The van der Waals surface area contributed by atoms with E-state index in [0.717, 1.165) is 18.3 Å². The maximum absolute atomic E-state index is 13.9. The Bertz CT molecular complexity index is 465. The molecule has 0 saturated heterocycles. The Balaban J connectivity index is 1.75. The molecule has 0 amide bonds. The molecule has 2 aliphatic carbocycles. The van der Waals surface area contributed by atoms with E-state index in [-0.39, 0.29) is 11.9 Å². The minimum absolute atomic E-state index is 0.136. The van der Waals surface area contributed by atoms with Gasteiger partial charge < -0.3 is 0 Å². The van der Waals surface area contributed by atoms with E-state index in [1.54, 1.807) is 12.1 Å². The zero-order valence-electron chi connectivity index (χ0n) is 10.9. The van der Waals surface area contributed by atoms with Gasteiger partial charge in [-0.25, -0.2) is 4.39 Å². The van der Waals surface area contributed by atoms with Crippen molar-refractivity contribution in [1.29, 1.82) is 0 Å². The maximum Gasteiger partial charge on any atom is 0.128 e. The lowest BCUT2D eigenvalue weighted by atomic mass is 9.83. The van der Waals surface area contributed by atoms with Gasteiger partial charge in [0.25, 0.3) is 0 Å². The second-order valence-corrected chi connectivity index (χ2v) is 6.49. The Morgan fingerprint density at radius 2 is 2.21 bits per heavy atom.